The van der Waals surface area contributed by atoms with Gasteiger partial charge in [0, 0.05) is 5.57 Å². The van der Waals surface area contributed by atoms with Crippen LogP contribution in [0.2, 0.25) is 0 Å². The van der Waals surface area contributed by atoms with Gasteiger partial charge in [-0.25, -0.2) is 4.79 Å². The Bertz CT molecular complexity index is 183. The number of hydrogen-bond donors (Lipinski definition) is 1. The van der Waals surface area contributed by atoms with Gasteiger partial charge in [0.1, 0.15) is 0 Å². The molecule has 0 aromatic rings. The highest BCUT2D eigenvalue weighted by Crippen LogP contribution is 2.23. The number of carboxylic acids is 1. The average molecular weight is 184 g/mol. The summed E-state index contributed by atoms with van der Waals surface area (Å²) in [7, 11) is 0. The smallest absolute Gasteiger partial charge is 0.331 e. The van der Waals surface area contributed by atoms with E-state index in [9.17, 15) is 4.79 Å². The molecular formula is C11H20O2. The number of carbonyl (C=O) groups is 1. The first-order valence-electron chi connectivity index (χ1n) is 4.91. The highest BCUT2D eigenvalue weighted by Gasteiger charge is 2.18. The van der Waals surface area contributed by atoms with Crippen LogP contribution in [0.5, 0.6) is 0 Å². The first-order chi connectivity index (χ1) is 5.99. The fraction of sp³-hybridized carbons (Fsp3) is 0.727. The van der Waals surface area contributed by atoms with E-state index < -0.39 is 5.97 Å². The van der Waals surface area contributed by atoms with Crippen molar-refractivity contribution < 1.29 is 9.90 Å². The van der Waals surface area contributed by atoms with Crippen LogP contribution in [-0.4, -0.2) is 11.1 Å². The minimum absolute atomic E-state index is 0.155. The van der Waals surface area contributed by atoms with Crippen LogP contribution >= 0.6 is 0 Å². The molecule has 0 saturated carbocycles. The van der Waals surface area contributed by atoms with Crippen molar-refractivity contribution in [1.82, 2.24) is 0 Å². The molecule has 0 aromatic heterocycles. The van der Waals surface area contributed by atoms with Gasteiger partial charge < -0.3 is 5.11 Å². The minimum Gasteiger partial charge on any atom is -0.478 e. The molecule has 0 aromatic carbocycles. The van der Waals surface area contributed by atoms with Gasteiger partial charge in [-0.3, -0.25) is 0 Å². The number of carboxylic acid groups (broad SMARTS) is 1. The number of hydrogen-bond acceptors (Lipinski definition) is 1. The Hall–Kier alpha value is -0.790. The van der Waals surface area contributed by atoms with Crippen LogP contribution in [0, 0.1) is 11.8 Å². The largest absolute Gasteiger partial charge is 0.478 e. The van der Waals surface area contributed by atoms with Gasteiger partial charge >= 0.3 is 5.97 Å². The van der Waals surface area contributed by atoms with Crippen LogP contribution in [0.1, 0.15) is 40.0 Å². The quantitative estimate of drug-likeness (QED) is 0.644. The summed E-state index contributed by atoms with van der Waals surface area (Å²) in [6, 6.07) is 0. The summed E-state index contributed by atoms with van der Waals surface area (Å²) in [5.74, 6) is -0.158. The molecule has 0 spiro atoms. The molecule has 13 heavy (non-hydrogen) atoms. The standard InChI is InChI=1S/C11H20O2/c1-5-6-10(7-8(2)3)9(4)11(12)13/h8,10H,4-7H2,1-3H3,(H,12,13). The van der Waals surface area contributed by atoms with Gasteiger partial charge in [0.05, 0.1) is 0 Å². The van der Waals surface area contributed by atoms with Crippen molar-refractivity contribution >= 4 is 5.97 Å². The molecule has 0 bridgehead atoms. The summed E-state index contributed by atoms with van der Waals surface area (Å²) in [4.78, 5) is 10.7. The summed E-state index contributed by atoms with van der Waals surface area (Å²) in [5.41, 5.74) is 0.371. The van der Waals surface area contributed by atoms with E-state index in [0.29, 0.717) is 11.5 Å². The lowest BCUT2D eigenvalue weighted by Gasteiger charge is -2.17. The zero-order valence-electron chi connectivity index (χ0n) is 8.84. The third-order valence-electron chi connectivity index (χ3n) is 2.16. The van der Waals surface area contributed by atoms with Crippen LogP contribution in [-0.2, 0) is 4.79 Å². The van der Waals surface area contributed by atoms with E-state index in [1.165, 1.54) is 0 Å². The van der Waals surface area contributed by atoms with Gasteiger partial charge in [0.15, 0.2) is 0 Å². The topological polar surface area (TPSA) is 37.3 Å². The molecule has 2 heteroatoms. The maximum atomic E-state index is 10.7. The van der Waals surface area contributed by atoms with Crippen LogP contribution in [0.15, 0.2) is 12.2 Å². The Morgan fingerprint density at radius 1 is 1.46 bits per heavy atom. The summed E-state index contributed by atoms with van der Waals surface area (Å²) in [5, 5.41) is 8.79. The van der Waals surface area contributed by atoms with Gasteiger partial charge in [0.25, 0.3) is 0 Å². The number of aliphatic carboxylic acids is 1. The second-order valence-electron chi connectivity index (χ2n) is 3.95. The molecule has 0 aliphatic heterocycles. The van der Waals surface area contributed by atoms with Gasteiger partial charge in [-0.1, -0.05) is 33.8 Å². The highest BCUT2D eigenvalue weighted by atomic mass is 16.4. The molecule has 0 saturated heterocycles. The van der Waals surface area contributed by atoms with Crippen LogP contribution < -0.4 is 0 Å². The van der Waals surface area contributed by atoms with Crippen molar-refractivity contribution in [3.63, 3.8) is 0 Å². The first-order valence-corrected chi connectivity index (χ1v) is 4.91. The Morgan fingerprint density at radius 2 is 2.00 bits per heavy atom. The molecule has 76 valence electrons. The zero-order valence-corrected chi connectivity index (χ0v) is 8.84. The van der Waals surface area contributed by atoms with E-state index in [1.807, 2.05) is 0 Å². The molecular weight excluding hydrogens is 164 g/mol. The van der Waals surface area contributed by atoms with E-state index in [-0.39, 0.29) is 5.92 Å². The fourth-order valence-electron chi connectivity index (χ4n) is 1.53. The summed E-state index contributed by atoms with van der Waals surface area (Å²) in [6.07, 6.45) is 2.88. The van der Waals surface area contributed by atoms with Gasteiger partial charge in [-0.2, -0.15) is 0 Å². The second kappa shape index (κ2) is 5.79. The van der Waals surface area contributed by atoms with Gasteiger partial charge in [-0.05, 0) is 24.7 Å². The average Bonchev–Trinajstić information content (AvgIpc) is 2.01. The highest BCUT2D eigenvalue weighted by molar-refractivity contribution is 5.86. The van der Waals surface area contributed by atoms with Crippen molar-refractivity contribution in [2.75, 3.05) is 0 Å². The molecule has 2 nitrogen and oxygen atoms in total. The lowest BCUT2D eigenvalue weighted by molar-refractivity contribution is -0.133. The Morgan fingerprint density at radius 3 is 2.31 bits per heavy atom. The zero-order chi connectivity index (χ0) is 10.4. The molecule has 0 radical (unpaired) electrons. The lowest BCUT2D eigenvalue weighted by Crippen LogP contribution is -2.13. The minimum atomic E-state index is -0.848. The van der Waals surface area contributed by atoms with Crippen molar-refractivity contribution in [2.24, 2.45) is 11.8 Å². The molecule has 0 heterocycles. The maximum absolute atomic E-state index is 10.7. The summed E-state index contributed by atoms with van der Waals surface area (Å²) in [6.45, 7) is 9.92. The Kier molecular flexibility index (Phi) is 5.44. The molecule has 0 aliphatic carbocycles. The third kappa shape index (κ3) is 4.71. The first kappa shape index (κ1) is 12.2. The van der Waals surface area contributed by atoms with Gasteiger partial charge in [-0.15, -0.1) is 0 Å². The molecule has 1 N–H and O–H groups in total. The lowest BCUT2D eigenvalue weighted by atomic mass is 9.87. The summed E-state index contributed by atoms with van der Waals surface area (Å²) >= 11 is 0. The molecule has 0 fully saturated rings. The Labute approximate surface area is 80.7 Å². The van der Waals surface area contributed by atoms with Crippen molar-refractivity contribution in [1.29, 1.82) is 0 Å². The van der Waals surface area contributed by atoms with E-state index in [0.717, 1.165) is 19.3 Å². The van der Waals surface area contributed by atoms with E-state index >= 15 is 0 Å². The fourth-order valence-corrected chi connectivity index (χ4v) is 1.53. The Balaban J connectivity index is 4.23. The molecule has 0 aliphatic rings. The summed E-state index contributed by atoms with van der Waals surface area (Å²) < 4.78 is 0. The van der Waals surface area contributed by atoms with Gasteiger partial charge in [0.2, 0.25) is 0 Å². The van der Waals surface area contributed by atoms with Crippen LogP contribution in [0.4, 0.5) is 0 Å². The molecule has 0 rings (SSSR count). The van der Waals surface area contributed by atoms with Crippen LogP contribution in [0.3, 0.4) is 0 Å². The second-order valence-corrected chi connectivity index (χ2v) is 3.95. The molecule has 0 amide bonds. The predicted octanol–water partition coefficient (Wildman–Crippen LogP) is 3.09. The van der Waals surface area contributed by atoms with E-state index in [4.69, 9.17) is 5.11 Å². The monoisotopic (exact) mass is 184 g/mol. The van der Waals surface area contributed by atoms with E-state index in [2.05, 4.69) is 27.4 Å². The SMILES string of the molecule is C=C(C(=O)O)C(CCC)CC(C)C. The van der Waals surface area contributed by atoms with Crippen molar-refractivity contribution in [3.05, 3.63) is 12.2 Å². The van der Waals surface area contributed by atoms with Crippen molar-refractivity contribution in [2.45, 2.75) is 40.0 Å². The molecule has 1 unspecified atom stereocenters. The number of rotatable bonds is 6. The predicted molar refractivity (Wildman–Crippen MR) is 54.6 cm³/mol. The van der Waals surface area contributed by atoms with Crippen LogP contribution in [0.25, 0.3) is 0 Å². The van der Waals surface area contributed by atoms with E-state index in [1.54, 1.807) is 0 Å². The third-order valence-corrected chi connectivity index (χ3v) is 2.16. The van der Waals surface area contributed by atoms with Crippen molar-refractivity contribution in [3.8, 4) is 0 Å². The molecule has 1 atom stereocenters. The normalized spacial score (nSPS) is 12.9. The maximum Gasteiger partial charge on any atom is 0.331 e.